The van der Waals surface area contributed by atoms with E-state index in [1.54, 1.807) is 0 Å². The molecule has 0 radical (unpaired) electrons. The highest BCUT2D eigenvalue weighted by Gasteiger charge is 2.84. The lowest BCUT2D eigenvalue weighted by atomic mass is 10.1. The van der Waals surface area contributed by atoms with Crippen molar-refractivity contribution in [2.75, 3.05) is 12.3 Å². The van der Waals surface area contributed by atoms with Gasteiger partial charge in [0.15, 0.2) is 0 Å². The minimum Gasteiger partial charge on any atom is -0.394 e. The van der Waals surface area contributed by atoms with E-state index < -0.39 is 35.9 Å². The van der Waals surface area contributed by atoms with Gasteiger partial charge in [-0.15, -0.1) is 5.10 Å². The molecule has 6 N–H and O–H groups in total. The summed E-state index contributed by atoms with van der Waals surface area (Å²) in [6.07, 6.45) is -1.26. The van der Waals surface area contributed by atoms with Crippen molar-refractivity contribution in [3.63, 3.8) is 0 Å². The molecule has 11 heteroatoms. The lowest BCUT2D eigenvalue weighted by molar-refractivity contribution is -0.159. The molecule has 11 nitrogen and oxygen atoms in total. The van der Waals surface area contributed by atoms with E-state index in [1.807, 2.05) is 0 Å². The van der Waals surface area contributed by atoms with Crippen LogP contribution in [0.2, 0.25) is 0 Å². The molecule has 2 aliphatic rings. The summed E-state index contributed by atoms with van der Waals surface area (Å²) in [4.78, 5) is 17.9. The van der Waals surface area contributed by atoms with Gasteiger partial charge in [0.1, 0.15) is 17.9 Å². The molecule has 0 spiro atoms. The van der Waals surface area contributed by atoms with Crippen molar-refractivity contribution in [1.82, 2.24) is 19.6 Å². The Hall–Kier alpha value is -2.05. The van der Waals surface area contributed by atoms with E-state index in [0.717, 1.165) is 4.52 Å². The van der Waals surface area contributed by atoms with Gasteiger partial charge in [-0.2, -0.15) is 0 Å². The predicted molar refractivity (Wildman–Crippen MR) is 63.7 cm³/mol. The van der Waals surface area contributed by atoms with Crippen LogP contribution in [0.3, 0.4) is 0 Å². The van der Waals surface area contributed by atoms with E-state index in [9.17, 15) is 15.0 Å². The number of imidazole rings is 1. The van der Waals surface area contributed by atoms with Crippen LogP contribution < -0.4 is 11.3 Å². The molecule has 2 aromatic heterocycles. The van der Waals surface area contributed by atoms with E-state index in [2.05, 4.69) is 15.1 Å². The number of epoxide rings is 1. The number of hydrogen-bond acceptors (Lipinski definition) is 9. The van der Waals surface area contributed by atoms with Crippen LogP contribution in [-0.4, -0.2) is 59.5 Å². The number of aromatic nitrogens is 4. The Morgan fingerprint density at radius 1 is 1.57 bits per heavy atom. The van der Waals surface area contributed by atoms with Crippen LogP contribution in [-0.2, 0) is 15.3 Å². The highest BCUT2D eigenvalue weighted by atomic mass is 16.9. The maximum Gasteiger partial charge on any atom is 0.295 e. The fourth-order valence-corrected chi connectivity index (χ4v) is 2.65. The number of nitrogens with zero attached hydrogens (tertiary/aromatic N) is 3. The van der Waals surface area contributed by atoms with E-state index in [1.165, 1.54) is 6.20 Å². The van der Waals surface area contributed by atoms with Crippen molar-refractivity contribution in [3.8, 4) is 0 Å². The smallest absolute Gasteiger partial charge is 0.295 e. The second kappa shape index (κ2) is 3.58. The first-order valence-electron chi connectivity index (χ1n) is 6.06. The zero-order valence-electron chi connectivity index (χ0n) is 10.4. The molecule has 4 rings (SSSR count). The number of hydrogen-bond donors (Lipinski definition) is 5. The van der Waals surface area contributed by atoms with Gasteiger partial charge >= 0.3 is 0 Å². The average molecular weight is 297 g/mol. The molecular formula is C10H11N5O6. The Balaban J connectivity index is 1.91. The summed E-state index contributed by atoms with van der Waals surface area (Å²) < 4.78 is 11.6. The molecule has 0 unspecified atom stereocenters. The molecule has 2 fully saturated rings. The highest BCUT2D eigenvalue weighted by molar-refractivity contribution is 5.41. The van der Waals surface area contributed by atoms with Crippen LogP contribution in [0.1, 0.15) is 5.69 Å². The minimum atomic E-state index is -2.03. The van der Waals surface area contributed by atoms with Gasteiger partial charge in [-0.05, 0) is 0 Å². The van der Waals surface area contributed by atoms with Crippen molar-refractivity contribution < 1.29 is 24.8 Å². The summed E-state index contributed by atoms with van der Waals surface area (Å²) in [6, 6.07) is 0. The van der Waals surface area contributed by atoms with Crippen LogP contribution in [0.25, 0.3) is 5.65 Å². The highest BCUT2D eigenvalue weighted by Crippen LogP contribution is 2.62. The standard InChI is InChI=1S/C10H11N5O6/c11-8-13-7(18)6-12-1-4(15(6)14-8)10-9(19,21-10)5(17)3(2-16)20-10/h1,3,5,16-17,19H,2H2,(H3,11,13,14,18)/t3-,5-,9+,10-/m1/s1. The Morgan fingerprint density at radius 3 is 3.00 bits per heavy atom. The fraction of sp³-hybridized carbons (Fsp3) is 0.500. The third kappa shape index (κ3) is 1.31. The Morgan fingerprint density at radius 2 is 2.33 bits per heavy atom. The molecule has 2 aliphatic heterocycles. The maximum absolute atomic E-state index is 11.7. The Kier molecular flexibility index (Phi) is 2.16. The zero-order valence-corrected chi connectivity index (χ0v) is 10.4. The summed E-state index contributed by atoms with van der Waals surface area (Å²) in [6.45, 7) is -0.512. The number of H-pyrrole nitrogens is 1. The van der Waals surface area contributed by atoms with Crippen LogP contribution in [0.4, 0.5) is 5.95 Å². The fourth-order valence-electron chi connectivity index (χ4n) is 2.65. The van der Waals surface area contributed by atoms with Gasteiger partial charge in [0.05, 0.1) is 12.8 Å². The van der Waals surface area contributed by atoms with Crippen LogP contribution in [0.5, 0.6) is 0 Å². The molecule has 0 aliphatic carbocycles. The first-order chi connectivity index (χ1) is 9.93. The van der Waals surface area contributed by atoms with E-state index in [0.29, 0.717) is 0 Å². The van der Waals surface area contributed by atoms with Crippen LogP contribution >= 0.6 is 0 Å². The lowest BCUT2D eigenvalue weighted by Crippen LogP contribution is -2.37. The van der Waals surface area contributed by atoms with Gasteiger partial charge in [0, 0.05) is 0 Å². The quantitative estimate of drug-likeness (QED) is 0.354. The monoisotopic (exact) mass is 297 g/mol. The van der Waals surface area contributed by atoms with E-state index >= 15 is 0 Å². The molecule has 0 saturated carbocycles. The summed E-state index contributed by atoms with van der Waals surface area (Å²) in [7, 11) is 0. The number of nitrogens with one attached hydrogen (secondary N) is 1. The third-order valence-corrected chi connectivity index (χ3v) is 3.71. The molecule has 2 saturated heterocycles. The van der Waals surface area contributed by atoms with Gasteiger partial charge in [0.25, 0.3) is 17.1 Å². The largest absolute Gasteiger partial charge is 0.394 e. The molecule has 0 aromatic carbocycles. The third-order valence-electron chi connectivity index (χ3n) is 3.71. The predicted octanol–water partition coefficient (Wildman–Crippen LogP) is -3.38. The summed E-state index contributed by atoms with van der Waals surface area (Å²) >= 11 is 0. The molecule has 0 amide bonds. The number of fused-ring (bicyclic) bond motifs is 2. The molecule has 4 atom stereocenters. The van der Waals surface area contributed by atoms with Gasteiger partial charge in [0.2, 0.25) is 11.6 Å². The molecule has 4 heterocycles. The summed E-state index contributed by atoms with van der Waals surface area (Å²) in [5.41, 5.74) is 4.91. The van der Waals surface area contributed by atoms with E-state index in [4.69, 9.17) is 20.3 Å². The van der Waals surface area contributed by atoms with Crippen LogP contribution in [0.15, 0.2) is 11.0 Å². The Labute approximate surface area is 115 Å². The number of ether oxygens (including phenoxy) is 2. The molecular weight excluding hydrogens is 286 g/mol. The number of aromatic amines is 1. The van der Waals surface area contributed by atoms with Crippen molar-refractivity contribution in [1.29, 1.82) is 0 Å². The summed E-state index contributed by atoms with van der Waals surface area (Å²) in [5.74, 6) is -3.94. The lowest BCUT2D eigenvalue weighted by Gasteiger charge is -2.16. The normalized spacial score (nSPS) is 37.9. The van der Waals surface area contributed by atoms with Crippen molar-refractivity contribution in [2.24, 2.45) is 0 Å². The maximum atomic E-state index is 11.7. The number of anilines is 1. The summed E-state index contributed by atoms with van der Waals surface area (Å²) in [5, 5.41) is 33.2. The average Bonchev–Trinajstić information content (AvgIpc) is 2.76. The van der Waals surface area contributed by atoms with Gasteiger partial charge in [-0.1, -0.05) is 0 Å². The zero-order chi connectivity index (χ0) is 15.0. The Bertz CT molecular complexity index is 803. The van der Waals surface area contributed by atoms with Gasteiger partial charge < -0.3 is 25.8 Å². The first kappa shape index (κ1) is 12.7. The first-order valence-corrected chi connectivity index (χ1v) is 6.06. The molecule has 2 aromatic rings. The SMILES string of the molecule is Nc1nn2c([C@]34O[C@H](CO)[C@@H](O)[C@]3(O)O4)cnc2c(=O)[nH]1. The minimum absolute atomic E-state index is 0.0723. The number of aliphatic hydroxyl groups excluding tert-OH is 2. The second-order valence-corrected chi connectivity index (χ2v) is 4.92. The van der Waals surface area contributed by atoms with Crippen molar-refractivity contribution in [3.05, 3.63) is 22.2 Å². The number of nitrogen functional groups attached to an aromatic ring is 1. The number of aliphatic hydroxyl groups is 3. The van der Waals surface area contributed by atoms with Crippen molar-refractivity contribution in [2.45, 2.75) is 23.8 Å². The molecule has 0 bridgehead atoms. The molecule has 21 heavy (non-hydrogen) atoms. The number of rotatable bonds is 2. The van der Waals surface area contributed by atoms with Crippen molar-refractivity contribution >= 4 is 11.6 Å². The topological polar surface area (TPSA) is 172 Å². The van der Waals surface area contributed by atoms with Gasteiger partial charge in [-0.3, -0.25) is 14.5 Å². The van der Waals surface area contributed by atoms with Crippen LogP contribution in [0, 0.1) is 0 Å². The second-order valence-electron chi connectivity index (χ2n) is 4.92. The van der Waals surface area contributed by atoms with E-state index in [-0.39, 0.29) is 17.3 Å². The number of nitrogens with two attached hydrogens (primary N) is 1. The molecule has 112 valence electrons. The van der Waals surface area contributed by atoms with Gasteiger partial charge in [-0.25, -0.2) is 9.50 Å².